The Morgan fingerprint density at radius 2 is 2.09 bits per heavy atom. The standard InChI is InChI=1S/C16H15N3O2S2/c1-9-8-17-16(22-9)19-14(20)13-10(2)18-15(23-13)11-5-4-6-12(7-11)21-3/h4-8H,1-3H3,(H,17,19,20). The lowest BCUT2D eigenvalue weighted by molar-refractivity contribution is 0.103. The number of benzene rings is 1. The van der Waals surface area contributed by atoms with Gasteiger partial charge in [-0.2, -0.15) is 0 Å². The van der Waals surface area contributed by atoms with Gasteiger partial charge in [-0.25, -0.2) is 9.97 Å². The fourth-order valence-electron chi connectivity index (χ4n) is 2.05. The average molecular weight is 345 g/mol. The molecule has 0 spiro atoms. The Kier molecular flexibility index (Phi) is 4.40. The van der Waals surface area contributed by atoms with E-state index in [1.165, 1.54) is 22.7 Å². The largest absolute Gasteiger partial charge is 0.497 e. The van der Waals surface area contributed by atoms with Crippen molar-refractivity contribution in [2.24, 2.45) is 0 Å². The van der Waals surface area contributed by atoms with E-state index in [9.17, 15) is 4.79 Å². The Morgan fingerprint density at radius 1 is 1.26 bits per heavy atom. The van der Waals surface area contributed by atoms with Crippen LogP contribution in [0.2, 0.25) is 0 Å². The number of thiazole rings is 2. The first-order valence-corrected chi connectivity index (χ1v) is 8.56. The van der Waals surface area contributed by atoms with E-state index in [-0.39, 0.29) is 5.91 Å². The molecule has 118 valence electrons. The average Bonchev–Trinajstić information content (AvgIpc) is 3.13. The minimum Gasteiger partial charge on any atom is -0.497 e. The monoisotopic (exact) mass is 345 g/mol. The lowest BCUT2D eigenvalue weighted by Crippen LogP contribution is -2.11. The molecule has 0 radical (unpaired) electrons. The molecule has 1 N–H and O–H groups in total. The van der Waals surface area contributed by atoms with E-state index in [0.717, 1.165) is 21.2 Å². The van der Waals surface area contributed by atoms with Gasteiger partial charge in [0.2, 0.25) is 0 Å². The van der Waals surface area contributed by atoms with Crippen molar-refractivity contribution in [1.82, 2.24) is 9.97 Å². The van der Waals surface area contributed by atoms with Crippen LogP contribution in [0.15, 0.2) is 30.5 Å². The smallest absolute Gasteiger partial charge is 0.269 e. The predicted molar refractivity (Wildman–Crippen MR) is 93.6 cm³/mol. The van der Waals surface area contributed by atoms with Crippen LogP contribution in [0.1, 0.15) is 20.2 Å². The minimum absolute atomic E-state index is 0.177. The summed E-state index contributed by atoms with van der Waals surface area (Å²) in [5.74, 6) is 0.586. The van der Waals surface area contributed by atoms with Crippen LogP contribution in [0.3, 0.4) is 0 Å². The predicted octanol–water partition coefficient (Wildman–Crippen LogP) is 4.14. The van der Waals surface area contributed by atoms with Crippen molar-refractivity contribution in [3.05, 3.63) is 45.9 Å². The molecule has 1 aromatic carbocycles. The van der Waals surface area contributed by atoms with Gasteiger partial charge in [0.15, 0.2) is 5.13 Å². The first-order valence-electron chi connectivity index (χ1n) is 6.92. The first kappa shape index (κ1) is 15.6. The Hall–Kier alpha value is -2.25. The van der Waals surface area contributed by atoms with E-state index in [1.54, 1.807) is 13.3 Å². The number of methoxy groups -OCH3 is 1. The number of aryl methyl sites for hydroxylation is 2. The van der Waals surface area contributed by atoms with Crippen molar-refractivity contribution in [2.45, 2.75) is 13.8 Å². The molecule has 0 saturated heterocycles. The van der Waals surface area contributed by atoms with Crippen molar-refractivity contribution in [3.8, 4) is 16.3 Å². The van der Waals surface area contributed by atoms with Crippen molar-refractivity contribution < 1.29 is 9.53 Å². The Balaban J connectivity index is 1.86. The van der Waals surface area contributed by atoms with Crippen molar-refractivity contribution in [3.63, 3.8) is 0 Å². The quantitative estimate of drug-likeness (QED) is 0.772. The SMILES string of the molecule is COc1cccc(-c2nc(C)c(C(=O)Nc3ncc(C)s3)s2)c1. The molecule has 5 nitrogen and oxygen atoms in total. The number of hydrogen-bond acceptors (Lipinski definition) is 6. The number of amides is 1. The van der Waals surface area contributed by atoms with Gasteiger partial charge >= 0.3 is 0 Å². The molecule has 3 rings (SSSR count). The number of anilines is 1. The number of aromatic nitrogens is 2. The summed E-state index contributed by atoms with van der Waals surface area (Å²) in [6, 6.07) is 7.64. The Labute approximate surface area is 142 Å². The lowest BCUT2D eigenvalue weighted by atomic mass is 10.2. The van der Waals surface area contributed by atoms with Gasteiger partial charge in [0.25, 0.3) is 5.91 Å². The van der Waals surface area contributed by atoms with Gasteiger partial charge in [-0.05, 0) is 26.0 Å². The fourth-order valence-corrected chi connectivity index (χ4v) is 3.67. The van der Waals surface area contributed by atoms with E-state index < -0.39 is 0 Å². The second kappa shape index (κ2) is 6.47. The number of nitrogens with one attached hydrogen (secondary N) is 1. The molecule has 0 unspecified atom stereocenters. The second-order valence-electron chi connectivity index (χ2n) is 4.90. The van der Waals surface area contributed by atoms with Gasteiger partial charge in [0.05, 0.1) is 12.8 Å². The third kappa shape index (κ3) is 3.40. The van der Waals surface area contributed by atoms with Crippen molar-refractivity contribution >= 4 is 33.7 Å². The summed E-state index contributed by atoms with van der Waals surface area (Å²) in [6.45, 7) is 3.79. The van der Waals surface area contributed by atoms with Gasteiger partial charge in [-0.1, -0.05) is 12.1 Å². The van der Waals surface area contributed by atoms with E-state index >= 15 is 0 Å². The molecule has 0 fully saturated rings. The molecule has 0 bridgehead atoms. The molecule has 0 aliphatic heterocycles. The van der Waals surface area contributed by atoms with E-state index in [2.05, 4.69) is 15.3 Å². The number of carbonyl (C=O) groups excluding carboxylic acids is 1. The van der Waals surface area contributed by atoms with Crippen molar-refractivity contribution in [2.75, 3.05) is 12.4 Å². The number of rotatable bonds is 4. The molecule has 0 aliphatic rings. The van der Waals surface area contributed by atoms with Crippen LogP contribution in [-0.4, -0.2) is 23.0 Å². The van der Waals surface area contributed by atoms with Gasteiger partial charge < -0.3 is 4.74 Å². The van der Waals surface area contributed by atoms with Crippen LogP contribution in [-0.2, 0) is 0 Å². The summed E-state index contributed by atoms with van der Waals surface area (Å²) < 4.78 is 5.23. The van der Waals surface area contributed by atoms with Crippen LogP contribution < -0.4 is 10.1 Å². The minimum atomic E-state index is -0.177. The highest BCUT2D eigenvalue weighted by Gasteiger charge is 2.17. The van der Waals surface area contributed by atoms with E-state index in [1.807, 2.05) is 38.1 Å². The normalized spacial score (nSPS) is 10.6. The van der Waals surface area contributed by atoms with Gasteiger partial charge in [-0.15, -0.1) is 22.7 Å². The number of hydrogen-bond donors (Lipinski definition) is 1. The molecule has 7 heteroatoms. The molecule has 0 atom stereocenters. The molecule has 1 amide bonds. The number of carbonyl (C=O) groups is 1. The molecule has 2 aromatic heterocycles. The molecular weight excluding hydrogens is 330 g/mol. The molecule has 23 heavy (non-hydrogen) atoms. The highest BCUT2D eigenvalue weighted by atomic mass is 32.1. The van der Waals surface area contributed by atoms with Crippen LogP contribution in [0.25, 0.3) is 10.6 Å². The summed E-state index contributed by atoms with van der Waals surface area (Å²) in [5.41, 5.74) is 1.64. The fraction of sp³-hybridized carbons (Fsp3) is 0.188. The molecule has 2 heterocycles. The van der Waals surface area contributed by atoms with Gasteiger partial charge in [0.1, 0.15) is 15.6 Å². The summed E-state index contributed by atoms with van der Waals surface area (Å²) in [4.78, 5) is 22.7. The van der Waals surface area contributed by atoms with Gasteiger partial charge in [0, 0.05) is 16.6 Å². The zero-order valence-corrected chi connectivity index (χ0v) is 14.5. The maximum absolute atomic E-state index is 12.4. The highest BCUT2D eigenvalue weighted by molar-refractivity contribution is 7.17. The van der Waals surface area contributed by atoms with Crippen LogP contribution in [0.4, 0.5) is 5.13 Å². The van der Waals surface area contributed by atoms with Crippen LogP contribution in [0, 0.1) is 13.8 Å². The Bertz CT molecular complexity index is 855. The summed E-state index contributed by atoms with van der Waals surface area (Å²) >= 11 is 2.81. The highest BCUT2D eigenvalue weighted by Crippen LogP contribution is 2.30. The van der Waals surface area contributed by atoms with E-state index in [4.69, 9.17) is 4.74 Å². The molecular formula is C16H15N3O2S2. The summed E-state index contributed by atoms with van der Waals surface area (Å²) in [5, 5.41) is 4.22. The Morgan fingerprint density at radius 3 is 2.78 bits per heavy atom. The summed E-state index contributed by atoms with van der Waals surface area (Å²) in [7, 11) is 1.63. The lowest BCUT2D eigenvalue weighted by Gasteiger charge is -2.01. The first-order chi connectivity index (χ1) is 11.1. The third-order valence-corrected chi connectivity index (χ3v) is 5.19. The number of nitrogens with zero attached hydrogens (tertiary/aromatic N) is 2. The second-order valence-corrected chi connectivity index (χ2v) is 7.13. The topological polar surface area (TPSA) is 64.1 Å². The number of ether oxygens (including phenoxy) is 1. The molecule has 0 aliphatic carbocycles. The maximum atomic E-state index is 12.4. The van der Waals surface area contributed by atoms with Gasteiger partial charge in [-0.3, -0.25) is 10.1 Å². The van der Waals surface area contributed by atoms with Crippen LogP contribution >= 0.6 is 22.7 Å². The maximum Gasteiger partial charge on any atom is 0.269 e. The third-order valence-electron chi connectivity index (χ3n) is 3.16. The van der Waals surface area contributed by atoms with Crippen molar-refractivity contribution in [1.29, 1.82) is 0 Å². The zero-order chi connectivity index (χ0) is 16.4. The summed E-state index contributed by atoms with van der Waals surface area (Å²) in [6.07, 6.45) is 1.74. The van der Waals surface area contributed by atoms with E-state index in [0.29, 0.717) is 15.7 Å². The molecule has 3 aromatic rings. The van der Waals surface area contributed by atoms with Crippen LogP contribution in [0.5, 0.6) is 5.75 Å². The molecule has 0 saturated carbocycles. The zero-order valence-electron chi connectivity index (χ0n) is 12.9.